The van der Waals surface area contributed by atoms with Gasteiger partial charge in [-0.2, -0.15) is 0 Å². The zero-order chi connectivity index (χ0) is 13.7. The van der Waals surface area contributed by atoms with Gasteiger partial charge in [-0.15, -0.1) is 0 Å². The molecule has 0 unspecified atom stereocenters. The van der Waals surface area contributed by atoms with Crippen LogP contribution in [-0.2, 0) is 13.1 Å². The fourth-order valence-electron chi connectivity index (χ4n) is 2.60. The number of rotatable bonds is 5. The highest BCUT2D eigenvalue weighted by molar-refractivity contribution is 5.25. The van der Waals surface area contributed by atoms with Gasteiger partial charge in [0, 0.05) is 44.8 Å². The third kappa shape index (κ3) is 4.00. The van der Waals surface area contributed by atoms with Gasteiger partial charge in [-0.1, -0.05) is 19.1 Å². The monoisotopic (exact) mass is 265 g/mol. The predicted molar refractivity (Wildman–Crippen MR) is 76.3 cm³/mol. The van der Waals surface area contributed by atoms with E-state index >= 15 is 0 Å². The van der Waals surface area contributed by atoms with Crippen LogP contribution in [0.5, 0.6) is 0 Å². The Morgan fingerprint density at radius 3 is 2.47 bits per heavy atom. The van der Waals surface area contributed by atoms with Crippen LogP contribution in [0.2, 0.25) is 0 Å². The van der Waals surface area contributed by atoms with Crippen LogP contribution in [0.15, 0.2) is 18.2 Å². The standard InChI is InChI=1S/C15H24FN3/c1-2-5-18-6-8-19(9-7-18)12-14-10-13(11-17)3-4-15(14)16/h3-4,10H,2,5-9,11-12,17H2,1H3. The first kappa shape index (κ1) is 14.4. The van der Waals surface area contributed by atoms with Crippen molar-refractivity contribution in [3.63, 3.8) is 0 Å². The Morgan fingerprint density at radius 2 is 1.84 bits per heavy atom. The Balaban J connectivity index is 1.91. The lowest BCUT2D eigenvalue weighted by Crippen LogP contribution is -2.46. The molecule has 1 aromatic carbocycles. The summed E-state index contributed by atoms with van der Waals surface area (Å²) in [6, 6.07) is 5.19. The van der Waals surface area contributed by atoms with Crippen molar-refractivity contribution < 1.29 is 4.39 Å². The molecule has 0 radical (unpaired) electrons. The summed E-state index contributed by atoms with van der Waals surface area (Å²) in [5, 5.41) is 0. The molecule has 0 saturated carbocycles. The highest BCUT2D eigenvalue weighted by Gasteiger charge is 2.17. The molecule has 1 fully saturated rings. The van der Waals surface area contributed by atoms with E-state index in [-0.39, 0.29) is 5.82 Å². The van der Waals surface area contributed by atoms with Gasteiger partial charge in [-0.3, -0.25) is 4.90 Å². The molecule has 1 saturated heterocycles. The fraction of sp³-hybridized carbons (Fsp3) is 0.600. The largest absolute Gasteiger partial charge is 0.326 e. The van der Waals surface area contributed by atoms with Crippen LogP contribution >= 0.6 is 0 Å². The number of piperazine rings is 1. The van der Waals surface area contributed by atoms with Crippen molar-refractivity contribution in [2.24, 2.45) is 5.73 Å². The molecule has 106 valence electrons. The summed E-state index contributed by atoms with van der Waals surface area (Å²) < 4.78 is 13.8. The van der Waals surface area contributed by atoms with Crippen molar-refractivity contribution in [1.82, 2.24) is 9.80 Å². The number of hydrogen-bond donors (Lipinski definition) is 1. The van der Waals surface area contributed by atoms with E-state index < -0.39 is 0 Å². The van der Waals surface area contributed by atoms with E-state index in [2.05, 4.69) is 16.7 Å². The molecule has 19 heavy (non-hydrogen) atoms. The van der Waals surface area contributed by atoms with Gasteiger partial charge in [0.1, 0.15) is 5.82 Å². The van der Waals surface area contributed by atoms with Crippen LogP contribution < -0.4 is 5.73 Å². The maximum atomic E-state index is 13.8. The molecule has 3 nitrogen and oxygen atoms in total. The van der Waals surface area contributed by atoms with Crippen molar-refractivity contribution in [1.29, 1.82) is 0 Å². The number of halogens is 1. The first-order valence-corrected chi connectivity index (χ1v) is 7.15. The smallest absolute Gasteiger partial charge is 0.127 e. The normalized spacial score (nSPS) is 17.8. The van der Waals surface area contributed by atoms with Crippen LogP contribution in [0.3, 0.4) is 0 Å². The van der Waals surface area contributed by atoms with Crippen LogP contribution in [0.25, 0.3) is 0 Å². The topological polar surface area (TPSA) is 32.5 Å². The first-order valence-electron chi connectivity index (χ1n) is 7.15. The molecular weight excluding hydrogens is 241 g/mol. The highest BCUT2D eigenvalue weighted by atomic mass is 19.1. The third-order valence-corrected chi connectivity index (χ3v) is 3.74. The molecule has 4 heteroatoms. The van der Waals surface area contributed by atoms with E-state index in [1.165, 1.54) is 19.0 Å². The maximum Gasteiger partial charge on any atom is 0.127 e. The fourth-order valence-corrected chi connectivity index (χ4v) is 2.60. The molecule has 1 aliphatic heterocycles. The van der Waals surface area contributed by atoms with Crippen molar-refractivity contribution in [2.45, 2.75) is 26.4 Å². The van der Waals surface area contributed by atoms with Crippen molar-refractivity contribution in [3.05, 3.63) is 35.1 Å². The van der Waals surface area contributed by atoms with Crippen LogP contribution in [0, 0.1) is 5.82 Å². The number of benzene rings is 1. The maximum absolute atomic E-state index is 13.8. The minimum absolute atomic E-state index is 0.117. The number of hydrogen-bond acceptors (Lipinski definition) is 3. The average Bonchev–Trinajstić information content (AvgIpc) is 2.44. The second-order valence-electron chi connectivity index (χ2n) is 5.25. The molecule has 0 bridgehead atoms. The molecule has 0 aliphatic carbocycles. The van der Waals surface area contributed by atoms with Gasteiger partial charge in [-0.25, -0.2) is 4.39 Å². The Labute approximate surface area is 115 Å². The Hall–Kier alpha value is -0.970. The molecule has 2 N–H and O–H groups in total. The van der Waals surface area contributed by atoms with Gasteiger partial charge in [-0.05, 0) is 24.6 Å². The van der Waals surface area contributed by atoms with Crippen LogP contribution in [-0.4, -0.2) is 42.5 Å². The van der Waals surface area contributed by atoms with Gasteiger partial charge in [0.25, 0.3) is 0 Å². The minimum atomic E-state index is -0.117. The summed E-state index contributed by atoms with van der Waals surface area (Å²) in [5.41, 5.74) is 7.38. The molecule has 0 aromatic heterocycles. The van der Waals surface area contributed by atoms with E-state index in [4.69, 9.17) is 5.73 Å². The summed E-state index contributed by atoms with van der Waals surface area (Å²) in [4.78, 5) is 4.80. The molecule has 1 heterocycles. The first-order chi connectivity index (χ1) is 9.22. The van der Waals surface area contributed by atoms with E-state index in [0.29, 0.717) is 13.1 Å². The zero-order valence-corrected chi connectivity index (χ0v) is 11.7. The second-order valence-corrected chi connectivity index (χ2v) is 5.25. The van der Waals surface area contributed by atoms with E-state index in [1.807, 2.05) is 6.07 Å². The van der Waals surface area contributed by atoms with Crippen LogP contribution in [0.1, 0.15) is 24.5 Å². The number of nitrogens with two attached hydrogens (primary N) is 1. The van der Waals surface area contributed by atoms with Gasteiger partial charge in [0.2, 0.25) is 0 Å². The van der Waals surface area contributed by atoms with E-state index in [1.54, 1.807) is 6.07 Å². The Kier molecular flexibility index (Phi) is 5.31. The molecule has 1 aromatic rings. The van der Waals surface area contributed by atoms with E-state index in [9.17, 15) is 4.39 Å². The van der Waals surface area contributed by atoms with Crippen LogP contribution in [0.4, 0.5) is 4.39 Å². The summed E-state index contributed by atoms with van der Waals surface area (Å²) in [7, 11) is 0. The van der Waals surface area contributed by atoms with Crippen molar-refractivity contribution in [2.75, 3.05) is 32.7 Å². The second kappa shape index (κ2) is 6.98. The van der Waals surface area contributed by atoms with E-state index in [0.717, 1.165) is 37.3 Å². The van der Waals surface area contributed by atoms with Gasteiger partial charge in [0.15, 0.2) is 0 Å². The predicted octanol–water partition coefficient (Wildman–Crippen LogP) is 1.81. The molecular formula is C15H24FN3. The lowest BCUT2D eigenvalue weighted by atomic mass is 10.1. The summed E-state index contributed by atoms with van der Waals surface area (Å²) >= 11 is 0. The minimum Gasteiger partial charge on any atom is -0.326 e. The van der Waals surface area contributed by atoms with Crippen molar-refractivity contribution in [3.8, 4) is 0 Å². The lowest BCUT2D eigenvalue weighted by Gasteiger charge is -2.34. The molecule has 1 aliphatic rings. The molecule has 0 amide bonds. The summed E-state index contributed by atoms with van der Waals surface area (Å²) in [5.74, 6) is -0.117. The van der Waals surface area contributed by atoms with Crippen molar-refractivity contribution >= 4 is 0 Å². The third-order valence-electron chi connectivity index (χ3n) is 3.74. The van der Waals surface area contributed by atoms with Gasteiger partial charge >= 0.3 is 0 Å². The summed E-state index contributed by atoms with van der Waals surface area (Å²) in [6.07, 6.45) is 1.20. The quantitative estimate of drug-likeness (QED) is 0.881. The highest BCUT2D eigenvalue weighted by Crippen LogP contribution is 2.14. The lowest BCUT2D eigenvalue weighted by molar-refractivity contribution is 0.126. The number of nitrogens with zero attached hydrogens (tertiary/aromatic N) is 2. The molecule has 0 spiro atoms. The van der Waals surface area contributed by atoms with Gasteiger partial charge < -0.3 is 10.6 Å². The van der Waals surface area contributed by atoms with Gasteiger partial charge in [0.05, 0.1) is 0 Å². The summed E-state index contributed by atoms with van der Waals surface area (Å²) in [6.45, 7) is 8.76. The SMILES string of the molecule is CCCN1CCN(Cc2cc(CN)ccc2F)CC1. The Bertz CT molecular complexity index is 400. The molecule has 0 atom stereocenters. The zero-order valence-electron chi connectivity index (χ0n) is 11.7. The Morgan fingerprint density at radius 1 is 1.16 bits per heavy atom. The molecule has 2 rings (SSSR count). The average molecular weight is 265 g/mol.